The van der Waals surface area contributed by atoms with E-state index >= 15 is 0 Å². The fraction of sp³-hybridized carbons (Fsp3) is 0.294. The topological polar surface area (TPSA) is 65.5 Å². The normalized spacial score (nSPS) is 10.3. The molecule has 5 heteroatoms. The lowest BCUT2D eigenvalue weighted by molar-refractivity contribution is 0.173. The molecule has 0 saturated carbocycles. The number of carbonyl (C=O) groups is 1. The van der Waals surface area contributed by atoms with Crippen LogP contribution in [0.25, 0.3) is 0 Å². The molecule has 1 heterocycles. The van der Waals surface area contributed by atoms with Gasteiger partial charge in [-0.2, -0.15) is 0 Å². The van der Waals surface area contributed by atoms with Crippen LogP contribution in [-0.4, -0.2) is 34.2 Å². The molecule has 2 aromatic rings. The lowest BCUT2D eigenvalue weighted by Crippen LogP contribution is -2.40. The van der Waals surface area contributed by atoms with Crippen molar-refractivity contribution in [2.75, 3.05) is 13.2 Å². The van der Waals surface area contributed by atoms with Crippen molar-refractivity contribution in [2.24, 2.45) is 0 Å². The van der Waals surface area contributed by atoms with Crippen LogP contribution in [0.1, 0.15) is 16.8 Å². The highest BCUT2D eigenvalue weighted by atomic mass is 16.3. The average molecular weight is 299 g/mol. The van der Waals surface area contributed by atoms with Crippen LogP contribution in [0.3, 0.4) is 0 Å². The van der Waals surface area contributed by atoms with E-state index in [2.05, 4.69) is 10.3 Å². The van der Waals surface area contributed by atoms with Crippen LogP contribution in [0.4, 0.5) is 4.79 Å². The zero-order valence-electron chi connectivity index (χ0n) is 12.7. The van der Waals surface area contributed by atoms with E-state index in [1.807, 2.05) is 49.4 Å². The van der Waals surface area contributed by atoms with E-state index in [1.165, 1.54) is 0 Å². The van der Waals surface area contributed by atoms with Gasteiger partial charge in [-0.15, -0.1) is 0 Å². The predicted octanol–water partition coefficient (Wildman–Crippen LogP) is 2.09. The van der Waals surface area contributed by atoms with E-state index in [-0.39, 0.29) is 12.6 Å². The third-order valence-corrected chi connectivity index (χ3v) is 3.40. The summed E-state index contributed by atoms with van der Waals surface area (Å²) in [5.41, 5.74) is 2.92. The third-order valence-electron chi connectivity index (χ3n) is 3.40. The smallest absolute Gasteiger partial charge is 0.318 e. The van der Waals surface area contributed by atoms with Gasteiger partial charge in [-0.25, -0.2) is 4.79 Å². The van der Waals surface area contributed by atoms with Gasteiger partial charge >= 0.3 is 6.03 Å². The molecule has 116 valence electrons. The molecule has 0 saturated heterocycles. The quantitative estimate of drug-likeness (QED) is 0.858. The number of nitrogens with one attached hydrogen (secondary N) is 1. The Bertz CT molecular complexity index is 602. The Kier molecular flexibility index (Phi) is 5.91. The molecule has 0 fully saturated rings. The predicted molar refractivity (Wildman–Crippen MR) is 85.1 cm³/mol. The van der Waals surface area contributed by atoms with Gasteiger partial charge in [-0.3, -0.25) is 4.98 Å². The Hall–Kier alpha value is -2.40. The van der Waals surface area contributed by atoms with Gasteiger partial charge in [0.25, 0.3) is 0 Å². The maximum absolute atomic E-state index is 12.3. The van der Waals surface area contributed by atoms with E-state index in [1.54, 1.807) is 11.1 Å². The molecule has 5 nitrogen and oxygen atoms in total. The van der Waals surface area contributed by atoms with Crippen LogP contribution in [0.5, 0.6) is 0 Å². The molecule has 0 bridgehead atoms. The summed E-state index contributed by atoms with van der Waals surface area (Å²) in [5.74, 6) is 0. The summed E-state index contributed by atoms with van der Waals surface area (Å²) in [6.07, 6.45) is 1.71. The second-order valence-corrected chi connectivity index (χ2v) is 5.06. The molecule has 0 aliphatic heterocycles. The number of pyridine rings is 1. The van der Waals surface area contributed by atoms with Crippen molar-refractivity contribution in [3.05, 3.63) is 65.5 Å². The number of aromatic nitrogens is 1. The molecular weight excluding hydrogens is 278 g/mol. The fourth-order valence-electron chi connectivity index (χ4n) is 2.15. The zero-order valence-corrected chi connectivity index (χ0v) is 12.7. The van der Waals surface area contributed by atoms with Crippen LogP contribution in [0.15, 0.2) is 48.7 Å². The summed E-state index contributed by atoms with van der Waals surface area (Å²) in [6.45, 7) is 3.03. The third kappa shape index (κ3) is 4.56. The molecule has 2 N–H and O–H groups in total. The number of rotatable bonds is 6. The molecule has 0 aliphatic rings. The minimum absolute atomic E-state index is 0.0666. The van der Waals surface area contributed by atoms with Crippen LogP contribution in [0.2, 0.25) is 0 Å². The number of nitrogens with zero attached hydrogens (tertiary/aromatic N) is 2. The van der Waals surface area contributed by atoms with Crippen molar-refractivity contribution in [1.29, 1.82) is 0 Å². The largest absolute Gasteiger partial charge is 0.395 e. The van der Waals surface area contributed by atoms with Gasteiger partial charge in [-0.05, 0) is 24.1 Å². The maximum atomic E-state index is 12.3. The van der Waals surface area contributed by atoms with Crippen molar-refractivity contribution in [1.82, 2.24) is 15.2 Å². The summed E-state index contributed by atoms with van der Waals surface area (Å²) in [4.78, 5) is 18.1. The van der Waals surface area contributed by atoms with Crippen molar-refractivity contribution >= 4 is 6.03 Å². The highest BCUT2D eigenvalue weighted by Crippen LogP contribution is 2.06. The molecule has 0 atom stereocenters. The summed E-state index contributed by atoms with van der Waals surface area (Å²) >= 11 is 0. The zero-order chi connectivity index (χ0) is 15.8. The van der Waals surface area contributed by atoms with E-state index in [0.29, 0.717) is 19.6 Å². The van der Waals surface area contributed by atoms with Crippen molar-refractivity contribution in [3.8, 4) is 0 Å². The first-order valence-electron chi connectivity index (χ1n) is 7.28. The SMILES string of the molecule is Cc1cccnc1CNC(=O)N(CCO)Cc1ccccc1. The monoisotopic (exact) mass is 299 g/mol. The number of carbonyl (C=O) groups excluding carboxylic acids is 1. The highest BCUT2D eigenvalue weighted by molar-refractivity contribution is 5.74. The molecule has 0 unspecified atom stereocenters. The van der Waals surface area contributed by atoms with Gasteiger partial charge in [0.2, 0.25) is 0 Å². The number of urea groups is 1. The molecule has 0 radical (unpaired) electrons. The molecule has 1 aromatic carbocycles. The Balaban J connectivity index is 1.96. The summed E-state index contributed by atoms with van der Waals surface area (Å²) < 4.78 is 0. The Morgan fingerprint density at radius 3 is 2.68 bits per heavy atom. The summed E-state index contributed by atoms with van der Waals surface area (Å²) in [6, 6.07) is 13.3. The van der Waals surface area contributed by atoms with Gasteiger partial charge in [0.1, 0.15) is 0 Å². The number of amides is 2. The number of benzene rings is 1. The number of aliphatic hydroxyl groups excluding tert-OH is 1. The first kappa shape index (κ1) is 16.0. The van der Waals surface area contributed by atoms with Crippen LogP contribution in [0, 0.1) is 6.92 Å². The van der Waals surface area contributed by atoms with Crippen molar-refractivity contribution < 1.29 is 9.90 Å². The average Bonchev–Trinajstić information content (AvgIpc) is 2.54. The lowest BCUT2D eigenvalue weighted by Gasteiger charge is -2.22. The molecular formula is C17H21N3O2. The molecule has 2 rings (SSSR count). The molecule has 0 aliphatic carbocycles. The van der Waals surface area contributed by atoms with Gasteiger partial charge in [0, 0.05) is 19.3 Å². The maximum Gasteiger partial charge on any atom is 0.318 e. The van der Waals surface area contributed by atoms with Gasteiger partial charge in [0.05, 0.1) is 18.8 Å². The molecule has 1 aromatic heterocycles. The Labute approximate surface area is 130 Å². The number of aliphatic hydroxyl groups is 1. The second-order valence-electron chi connectivity index (χ2n) is 5.06. The number of hydrogen-bond acceptors (Lipinski definition) is 3. The molecule has 0 spiro atoms. The lowest BCUT2D eigenvalue weighted by atomic mass is 10.2. The molecule has 2 amide bonds. The van der Waals surface area contributed by atoms with Crippen molar-refractivity contribution in [2.45, 2.75) is 20.0 Å². The first-order chi connectivity index (χ1) is 10.7. The van der Waals surface area contributed by atoms with Gasteiger partial charge in [-0.1, -0.05) is 36.4 Å². The molecule has 22 heavy (non-hydrogen) atoms. The van der Waals surface area contributed by atoms with Crippen LogP contribution >= 0.6 is 0 Å². The van der Waals surface area contributed by atoms with Gasteiger partial charge < -0.3 is 15.3 Å². The van der Waals surface area contributed by atoms with E-state index in [0.717, 1.165) is 16.8 Å². The standard InChI is InChI=1S/C17H21N3O2/c1-14-6-5-9-18-16(14)12-19-17(22)20(10-11-21)13-15-7-3-2-4-8-15/h2-9,21H,10-13H2,1H3,(H,19,22). The minimum atomic E-state index is -0.206. The highest BCUT2D eigenvalue weighted by Gasteiger charge is 2.13. The van der Waals surface area contributed by atoms with Crippen molar-refractivity contribution in [3.63, 3.8) is 0 Å². The second kappa shape index (κ2) is 8.14. The minimum Gasteiger partial charge on any atom is -0.395 e. The number of hydrogen-bond donors (Lipinski definition) is 2. The van der Waals surface area contributed by atoms with Crippen LogP contribution < -0.4 is 5.32 Å². The number of aryl methyl sites for hydroxylation is 1. The summed E-state index contributed by atoms with van der Waals surface area (Å²) in [7, 11) is 0. The fourth-order valence-corrected chi connectivity index (χ4v) is 2.15. The summed E-state index contributed by atoms with van der Waals surface area (Å²) in [5, 5.41) is 12.0. The van der Waals surface area contributed by atoms with E-state index < -0.39 is 0 Å². The van der Waals surface area contributed by atoms with Gasteiger partial charge in [0.15, 0.2) is 0 Å². The first-order valence-corrected chi connectivity index (χ1v) is 7.28. The van der Waals surface area contributed by atoms with E-state index in [9.17, 15) is 4.79 Å². The Morgan fingerprint density at radius 1 is 1.23 bits per heavy atom. The van der Waals surface area contributed by atoms with Crippen LogP contribution in [-0.2, 0) is 13.1 Å². The Morgan fingerprint density at radius 2 is 2.00 bits per heavy atom. The van der Waals surface area contributed by atoms with E-state index in [4.69, 9.17) is 5.11 Å².